The normalized spacial score (nSPS) is 22.3. The molecule has 0 bridgehead atoms. The van der Waals surface area contributed by atoms with E-state index in [1.54, 1.807) is 0 Å². The summed E-state index contributed by atoms with van der Waals surface area (Å²) >= 11 is 0. The fourth-order valence-electron chi connectivity index (χ4n) is 2.70. The lowest BCUT2D eigenvalue weighted by Crippen LogP contribution is -2.40. The molecule has 2 nitrogen and oxygen atoms in total. The standard InChI is InChI=1S/C16H28O2/c1-6-10-15(5,13(3)4)14(17)18-16(7-2)11-8-9-12-16/h6,10,13H,7-9,11-12H2,1-5H3/b10-6-. The first-order valence-electron chi connectivity index (χ1n) is 7.27. The molecule has 0 aliphatic heterocycles. The van der Waals surface area contributed by atoms with Gasteiger partial charge in [0.25, 0.3) is 0 Å². The van der Waals surface area contributed by atoms with Crippen LogP contribution < -0.4 is 0 Å². The van der Waals surface area contributed by atoms with Gasteiger partial charge in [-0.15, -0.1) is 0 Å². The number of esters is 1. The van der Waals surface area contributed by atoms with E-state index < -0.39 is 5.41 Å². The summed E-state index contributed by atoms with van der Waals surface area (Å²) in [5.74, 6) is 0.191. The van der Waals surface area contributed by atoms with Crippen molar-refractivity contribution in [2.75, 3.05) is 0 Å². The summed E-state index contributed by atoms with van der Waals surface area (Å²) in [4.78, 5) is 12.5. The first-order chi connectivity index (χ1) is 8.40. The van der Waals surface area contributed by atoms with Gasteiger partial charge < -0.3 is 4.74 Å². The molecule has 0 heterocycles. The number of hydrogen-bond acceptors (Lipinski definition) is 2. The zero-order valence-corrected chi connectivity index (χ0v) is 12.6. The highest BCUT2D eigenvalue weighted by Gasteiger charge is 2.42. The molecule has 1 atom stereocenters. The number of ether oxygens (including phenoxy) is 1. The quantitative estimate of drug-likeness (QED) is 0.532. The topological polar surface area (TPSA) is 26.3 Å². The van der Waals surface area contributed by atoms with Gasteiger partial charge >= 0.3 is 5.97 Å². The van der Waals surface area contributed by atoms with Crippen molar-refractivity contribution in [1.82, 2.24) is 0 Å². The van der Waals surface area contributed by atoms with E-state index in [0.29, 0.717) is 0 Å². The van der Waals surface area contributed by atoms with Crippen molar-refractivity contribution in [3.63, 3.8) is 0 Å². The second-order valence-corrected chi connectivity index (χ2v) is 6.07. The fraction of sp³-hybridized carbons (Fsp3) is 0.812. The van der Waals surface area contributed by atoms with Gasteiger partial charge in [-0.2, -0.15) is 0 Å². The van der Waals surface area contributed by atoms with E-state index >= 15 is 0 Å². The molecule has 1 rings (SSSR count). The van der Waals surface area contributed by atoms with Gasteiger partial charge in [-0.05, 0) is 51.9 Å². The Morgan fingerprint density at radius 2 is 1.94 bits per heavy atom. The lowest BCUT2D eigenvalue weighted by atomic mass is 9.78. The monoisotopic (exact) mass is 252 g/mol. The minimum atomic E-state index is -0.500. The molecule has 0 spiro atoms. The zero-order valence-electron chi connectivity index (χ0n) is 12.6. The van der Waals surface area contributed by atoms with Gasteiger partial charge in [-0.3, -0.25) is 4.79 Å². The smallest absolute Gasteiger partial charge is 0.316 e. The van der Waals surface area contributed by atoms with Crippen LogP contribution in [0.25, 0.3) is 0 Å². The van der Waals surface area contributed by atoms with Gasteiger partial charge in [-0.25, -0.2) is 0 Å². The Hall–Kier alpha value is -0.790. The summed E-state index contributed by atoms with van der Waals surface area (Å²) in [5.41, 5.74) is -0.686. The molecule has 0 aromatic rings. The number of rotatable bonds is 5. The minimum Gasteiger partial charge on any atom is -0.458 e. The molecule has 0 saturated heterocycles. The van der Waals surface area contributed by atoms with E-state index in [1.807, 2.05) is 26.0 Å². The number of carbonyl (C=O) groups excluding carboxylic acids is 1. The number of allylic oxidation sites excluding steroid dienone is 1. The zero-order chi connectivity index (χ0) is 13.8. The lowest BCUT2D eigenvalue weighted by molar-refractivity contribution is -0.171. The van der Waals surface area contributed by atoms with Crippen LogP contribution in [-0.2, 0) is 9.53 Å². The highest BCUT2D eigenvalue weighted by atomic mass is 16.6. The molecule has 1 saturated carbocycles. The van der Waals surface area contributed by atoms with Crippen molar-refractivity contribution in [2.45, 2.75) is 72.3 Å². The van der Waals surface area contributed by atoms with E-state index in [1.165, 1.54) is 12.8 Å². The van der Waals surface area contributed by atoms with Gasteiger partial charge in [0.05, 0.1) is 5.41 Å². The Balaban J connectivity index is 2.85. The van der Waals surface area contributed by atoms with Crippen LogP contribution in [0, 0.1) is 11.3 Å². The molecule has 104 valence electrons. The van der Waals surface area contributed by atoms with Gasteiger partial charge in [0.1, 0.15) is 5.60 Å². The van der Waals surface area contributed by atoms with E-state index in [9.17, 15) is 4.79 Å². The highest BCUT2D eigenvalue weighted by Crippen LogP contribution is 2.39. The second kappa shape index (κ2) is 5.90. The first-order valence-corrected chi connectivity index (χ1v) is 7.27. The average Bonchev–Trinajstić information content (AvgIpc) is 2.78. The Kier molecular flexibility index (Phi) is 5.01. The molecular weight excluding hydrogens is 224 g/mol. The van der Waals surface area contributed by atoms with Crippen LogP contribution in [-0.4, -0.2) is 11.6 Å². The Morgan fingerprint density at radius 3 is 2.33 bits per heavy atom. The van der Waals surface area contributed by atoms with Crippen LogP contribution in [0.1, 0.15) is 66.7 Å². The van der Waals surface area contributed by atoms with Crippen LogP contribution in [0.4, 0.5) is 0 Å². The summed E-state index contributed by atoms with van der Waals surface area (Å²) < 4.78 is 5.94. The second-order valence-electron chi connectivity index (χ2n) is 6.07. The van der Waals surface area contributed by atoms with E-state index in [2.05, 4.69) is 20.8 Å². The molecule has 1 fully saturated rings. The van der Waals surface area contributed by atoms with Gasteiger partial charge in [0, 0.05) is 0 Å². The largest absolute Gasteiger partial charge is 0.458 e. The van der Waals surface area contributed by atoms with E-state index in [0.717, 1.165) is 19.3 Å². The number of carbonyl (C=O) groups is 1. The third-order valence-electron chi connectivity index (χ3n) is 4.62. The predicted molar refractivity (Wildman–Crippen MR) is 75.3 cm³/mol. The summed E-state index contributed by atoms with van der Waals surface area (Å²) in [7, 11) is 0. The van der Waals surface area contributed by atoms with Crippen molar-refractivity contribution < 1.29 is 9.53 Å². The molecular formula is C16H28O2. The third-order valence-corrected chi connectivity index (χ3v) is 4.62. The van der Waals surface area contributed by atoms with Crippen LogP contribution in [0.5, 0.6) is 0 Å². The molecule has 0 amide bonds. The molecule has 0 aromatic heterocycles. The van der Waals surface area contributed by atoms with Gasteiger partial charge in [-0.1, -0.05) is 32.9 Å². The van der Waals surface area contributed by atoms with E-state index in [-0.39, 0.29) is 17.5 Å². The Labute approximate surface area is 112 Å². The maximum Gasteiger partial charge on any atom is 0.316 e. The molecule has 1 aliphatic rings. The van der Waals surface area contributed by atoms with Crippen molar-refractivity contribution in [3.05, 3.63) is 12.2 Å². The van der Waals surface area contributed by atoms with Crippen molar-refractivity contribution in [1.29, 1.82) is 0 Å². The Morgan fingerprint density at radius 1 is 1.39 bits per heavy atom. The highest BCUT2D eigenvalue weighted by molar-refractivity contribution is 5.79. The number of hydrogen-bond donors (Lipinski definition) is 0. The van der Waals surface area contributed by atoms with Crippen LogP contribution in [0.2, 0.25) is 0 Å². The molecule has 2 heteroatoms. The summed E-state index contributed by atoms with van der Waals surface area (Å²) in [6, 6.07) is 0. The SMILES string of the molecule is C/C=C\C(C)(C(=O)OC1(CC)CCCC1)C(C)C. The average molecular weight is 252 g/mol. The molecule has 1 unspecified atom stereocenters. The Bertz CT molecular complexity index is 311. The maximum absolute atomic E-state index is 12.5. The fourth-order valence-corrected chi connectivity index (χ4v) is 2.70. The first kappa shape index (κ1) is 15.3. The summed E-state index contributed by atoms with van der Waals surface area (Å²) in [6.07, 6.45) is 9.29. The molecule has 18 heavy (non-hydrogen) atoms. The summed E-state index contributed by atoms with van der Waals surface area (Å²) in [5, 5.41) is 0. The molecule has 0 aromatic carbocycles. The predicted octanol–water partition coefficient (Wildman–Crippen LogP) is 4.49. The molecule has 0 N–H and O–H groups in total. The van der Waals surface area contributed by atoms with E-state index in [4.69, 9.17) is 4.74 Å². The van der Waals surface area contributed by atoms with Gasteiger partial charge in [0.15, 0.2) is 0 Å². The maximum atomic E-state index is 12.5. The summed E-state index contributed by atoms with van der Waals surface area (Å²) in [6.45, 7) is 10.2. The van der Waals surface area contributed by atoms with Gasteiger partial charge in [0.2, 0.25) is 0 Å². The van der Waals surface area contributed by atoms with Crippen molar-refractivity contribution in [2.24, 2.45) is 11.3 Å². The van der Waals surface area contributed by atoms with Crippen LogP contribution in [0.15, 0.2) is 12.2 Å². The van der Waals surface area contributed by atoms with Crippen LogP contribution in [0.3, 0.4) is 0 Å². The molecule has 1 aliphatic carbocycles. The van der Waals surface area contributed by atoms with Crippen molar-refractivity contribution in [3.8, 4) is 0 Å². The molecule has 0 radical (unpaired) electrons. The van der Waals surface area contributed by atoms with Crippen molar-refractivity contribution >= 4 is 5.97 Å². The lowest BCUT2D eigenvalue weighted by Gasteiger charge is -2.35. The minimum absolute atomic E-state index is 0.0562. The van der Waals surface area contributed by atoms with Crippen LogP contribution >= 0.6 is 0 Å². The third kappa shape index (κ3) is 2.96.